The quantitative estimate of drug-likeness (QED) is 0.476. The summed E-state index contributed by atoms with van der Waals surface area (Å²) in [7, 11) is -3.73. The van der Waals surface area contributed by atoms with E-state index in [0.717, 1.165) is 12.8 Å². The summed E-state index contributed by atoms with van der Waals surface area (Å²) in [6.45, 7) is 2.17. The van der Waals surface area contributed by atoms with Gasteiger partial charge in [-0.25, -0.2) is 0 Å². The van der Waals surface area contributed by atoms with Crippen molar-refractivity contribution in [3.05, 3.63) is 0 Å². The molecule has 0 unspecified atom stereocenters. The van der Waals surface area contributed by atoms with Gasteiger partial charge in [-0.15, -0.1) is 0 Å². The molecule has 0 atom stereocenters. The Morgan fingerprint density at radius 3 is 1.85 bits per heavy atom. The zero-order valence-corrected chi connectivity index (χ0v) is 9.30. The average Bonchev–Trinajstić information content (AvgIpc) is 2.01. The normalized spacial score (nSPS) is 11.9. The van der Waals surface area contributed by atoms with Crippen LogP contribution in [0.25, 0.3) is 0 Å². The number of hydrogen-bond donors (Lipinski definition) is 2. The van der Waals surface area contributed by atoms with Crippen molar-refractivity contribution in [2.45, 2.75) is 51.9 Å². The van der Waals surface area contributed by atoms with Crippen molar-refractivity contribution in [1.29, 1.82) is 0 Å². The maximum absolute atomic E-state index is 10.5. The molecule has 0 aromatic carbocycles. The lowest BCUT2D eigenvalue weighted by atomic mass is 10.1. The molecule has 0 aliphatic heterocycles. The van der Waals surface area contributed by atoms with Crippen molar-refractivity contribution in [2.75, 3.05) is 6.16 Å². The van der Waals surface area contributed by atoms with Crippen molar-refractivity contribution < 1.29 is 14.4 Å². The van der Waals surface area contributed by atoms with E-state index in [4.69, 9.17) is 9.79 Å². The molecule has 0 aromatic heterocycles. The number of rotatable bonds is 8. The van der Waals surface area contributed by atoms with Gasteiger partial charge in [0.2, 0.25) is 0 Å². The van der Waals surface area contributed by atoms with Crippen LogP contribution in [0.3, 0.4) is 0 Å². The van der Waals surface area contributed by atoms with Crippen molar-refractivity contribution in [1.82, 2.24) is 0 Å². The fourth-order valence-corrected chi connectivity index (χ4v) is 1.91. The van der Waals surface area contributed by atoms with E-state index < -0.39 is 7.60 Å². The van der Waals surface area contributed by atoms with Gasteiger partial charge in [-0.3, -0.25) is 4.57 Å². The average molecular weight is 208 g/mol. The summed E-state index contributed by atoms with van der Waals surface area (Å²) < 4.78 is 10.5. The minimum atomic E-state index is -3.73. The number of unbranched alkanes of at least 4 members (excludes halogenated alkanes) is 6. The Labute approximate surface area is 80.7 Å². The topological polar surface area (TPSA) is 57.5 Å². The molecule has 0 saturated heterocycles. The lowest BCUT2D eigenvalue weighted by Gasteiger charge is -2.03. The van der Waals surface area contributed by atoms with E-state index in [1.54, 1.807) is 0 Å². The van der Waals surface area contributed by atoms with Gasteiger partial charge in [0, 0.05) is 6.16 Å². The third-order valence-electron chi connectivity index (χ3n) is 2.05. The predicted molar refractivity (Wildman–Crippen MR) is 54.9 cm³/mol. The van der Waals surface area contributed by atoms with Crippen LogP contribution in [0.4, 0.5) is 0 Å². The first-order valence-corrected chi connectivity index (χ1v) is 6.90. The first-order valence-electron chi connectivity index (χ1n) is 5.11. The van der Waals surface area contributed by atoms with Crippen LogP contribution < -0.4 is 0 Å². The highest BCUT2D eigenvalue weighted by molar-refractivity contribution is 7.51. The van der Waals surface area contributed by atoms with E-state index in [2.05, 4.69) is 6.92 Å². The van der Waals surface area contributed by atoms with E-state index >= 15 is 0 Å². The Morgan fingerprint density at radius 1 is 0.923 bits per heavy atom. The SMILES string of the molecule is CCCCCCCCCP(=O)(O)O. The van der Waals surface area contributed by atoms with Crippen molar-refractivity contribution >= 4 is 7.60 Å². The summed E-state index contributed by atoms with van der Waals surface area (Å²) in [6, 6.07) is 0. The molecule has 4 heteroatoms. The van der Waals surface area contributed by atoms with Crippen LogP contribution in [0.15, 0.2) is 0 Å². The van der Waals surface area contributed by atoms with E-state index in [0.29, 0.717) is 6.42 Å². The lowest BCUT2D eigenvalue weighted by Crippen LogP contribution is -1.88. The van der Waals surface area contributed by atoms with Crippen molar-refractivity contribution in [2.24, 2.45) is 0 Å². The summed E-state index contributed by atoms with van der Waals surface area (Å²) in [5.41, 5.74) is 0. The molecule has 0 heterocycles. The van der Waals surface area contributed by atoms with E-state index in [1.165, 1.54) is 25.7 Å². The Morgan fingerprint density at radius 2 is 1.38 bits per heavy atom. The molecule has 0 bridgehead atoms. The molecular weight excluding hydrogens is 187 g/mol. The molecule has 0 radical (unpaired) electrons. The molecule has 0 aliphatic carbocycles. The van der Waals surface area contributed by atoms with Crippen LogP contribution in [-0.2, 0) is 4.57 Å². The second kappa shape index (κ2) is 7.54. The predicted octanol–water partition coefficient (Wildman–Crippen LogP) is 2.91. The van der Waals surface area contributed by atoms with Gasteiger partial charge >= 0.3 is 7.60 Å². The third kappa shape index (κ3) is 12.1. The molecular formula is C9H21O3P. The zero-order chi connectivity index (χ0) is 10.2. The minimum absolute atomic E-state index is 0.0563. The fourth-order valence-electron chi connectivity index (χ4n) is 1.27. The molecule has 2 N–H and O–H groups in total. The molecule has 13 heavy (non-hydrogen) atoms. The molecule has 0 aliphatic rings. The van der Waals surface area contributed by atoms with Gasteiger partial charge in [0.25, 0.3) is 0 Å². The fraction of sp³-hybridized carbons (Fsp3) is 1.00. The molecule has 0 fully saturated rings. The van der Waals surface area contributed by atoms with Crippen molar-refractivity contribution in [3.63, 3.8) is 0 Å². The molecule has 3 nitrogen and oxygen atoms in total. The largest absolute Gasteiger partial charge is 0.325 e. The molecule has 0 aromatic rings. The molecule has 0 rings (SSSR count). The van der Waals surface area contributed by atoms with Crippen LogP contribution in [0.1, 0.15) is 51.9 Å². The van der Waals surface area contributed by atoms with Gasteiger partial charge in [0.15, 0.2) is 0 Å². The molecule has 0 saturated carbocycles. The van der Waals surface area contributed by atoms with Crippen LogP contribution in [0.2, 0.25) is 0 Å². The van der Waals surface area contributed by atoms with Gasteiger partial charge in [-0.1, -0.05) is 45.4 Å². The highest BCUT2D eigenvalue weighted by atomic mass is 31.2. The molecule has 0 spiro atoms. The van der Waals surface area contributed by atoms with Gasteiger partial charge in [0.1, 0.15) is 0 Å². The summed E-state index contributed by atoms with van der Waals surface area (Å²) in [6.07, 6.45) is 7.76. The first-order chi connectivity index (χ1) is 6.06. The third-order valence-corrected chi connectivity index (χ3v) is 2.95. The van der Waals surface area contributed by atoms with E-state index in [-0.39, 0.29) is 6.16 Å². The highest BCUT2D eigenvalue weighted by Gasteiger charge is 2.10. The van der Waals surface area contributed by atoms with Gasteiger partial charge in [-0.05, 0) is 6.42 Å². The minimum Gasteiger partial charge on any atom is -0.324 e. The van der Waals surface area contributed by atoms with Crippen LogP contribution in [0.5, 0.6) is 0 Å². The summed E-state index contributed by atoms with van der Waals surface area (Å²) in [5, 5.41) is 0. The molecule has 0 amide bonds. The summed E-state index contributed by atoms with van der Waals surface area (Å²) in [5.74, 6) is 0. The highest BCUT2D eigenvalue weighted by Crippen LogP contribution is 2.35. The summed E-state index contributed by atoms with van der Waals surface area (Å²) >= 11 is 0. The second-order valence-corrected chi connectivity index (χ2v) is 5.29. The van der Waals surface area contributed by atoms with E-state index in [1.807, 2.05) is 0 Å². The maximum atomic E-state index is 10.5. The Bertz CT molecular complexity index is 153. The van der Waals surface area contributed by atoms with Crippen molar-refractivity contribution in [3.8, 4) is 0 Å². The van der Waals surface area contributed by atoms with Crippen LogP contribution >= 0.6 is 7.60 Å². The Hall–Kier alpha value is 0.150. The van der Waals surface area contributed by atoms with Gasteiger partial charge in [-0.2, -0.15) is 0 Å². The molecule has 80 valence electrons. The lowest BCUT2D eigenvalue weighted by molar-refractivity contribution is 0.370. The standard InChI is InChI=1S/C9H21O3P/c1-2-3-4-5-6-7-8-9-13(10,11)12/h2-9H2,1H3,(H2,10,11,12). The zero-order valence-electron chi connectivity index (χ0n) is 8.41. The first kappa shape index (κ1) is 13.2. The van der Waals surface area contributed by atoms with E-state index in [9.17, 15) is 4.57 Å². The Kier molecular flexibility index (Phi) is 7.63. The van der Waals surface area contributed by atoms with Gasteiger partial charge < -0.3 is 9.79 Å². The van der Waals surface area contributed by atoms with Crippen LogP contribution in [-0.4, -0.2) is 15.9 Å². The second-order valence-electron chi connectivity index (χ2n) is 3.51. The number of hydrogen-bond acceptors (Lipinski definition) is 1. The Balaban J connectivity index is 3.04. The van der Waals surface area contributed by atoms with Crippen LogP contribution in [0, 0.1) is 0 Å². The maximum Gasteiger partial charge on any atom is 0.325 e. The smallest absolute Gasteiger partial charge is 0.324 e. The van der Waals surface area contributed by atoms with Gasteiger partial charge in [0.05, 0.1) is 0 Å². The summed E-state index contributed by atoms with van der Waals surface area (Å²) in [4.78, 5) is 17.1. The monoisotopic (exact) mass is 208 g/mol.